The predicted octanol–water partition coefficient (Wildman–Crippen LogP) is 26.4. The second-order valence-corrected chi connectivity index (χ2v) is 26.8. The Balaban J connectivity index is 0.880. The van der Waals surface area contributed by atoms with Crippen molar-refractivity contribution in [3.8, 4) is 145 Å². The monoisotopic (exact) mass is 1240 g/mol. The zero-order valence-electron chi connectivity index (χ0n) is 54.1. The van der Waals surface area contributed by atoms with E-state index in [2.05, 4.69) is 365 Å². The fraction of sp³-hybridized carbons (Fsp3) is 0.0204. The standard InChI is InChI=1S/C98H62/c1-61-45-51-73(52-46-61)98(85-44-24-38-62-33-20-21-41-74(62)85)86-57-71(75-53-47-69-39-22-42-79-88(69)94(75)96-90(67-34-16-6-17-35-67)81(63-25-8-2-9-26-63)59-83(92(79)96)65-29-12-4-13-30-65)49-55-77(86)78-56-50-72(58-87(78)98)76-54-48-70-40-23-43-80-89(70)95(76)97-91(68-36-18-7-19-37-68)82(64-27-10-3-11-28-64)60-84(93(80)97)66-31-14-5-15-32-66/h2-60H,1H3. The van der Waals surface area contributed by atoms with E-state index in [1.54, 1.807) is 0 Å². The highest BCUT2D eigenvalue weighted by Crippen LogP contribution is 2.64. The number of benzene rings is 17. The number of hydrogen-bond donors (Lipinski definition) is 0. The van der Waals surface area contributed by atoms with Crippen molar-refractivity contribution in [1.82, 2.24) is 0 Å². The minimum absolute atomic E-state index is 0.794. The molecule has 0 bridgehead atoms. The third-order valence-corrected chi connectivity index (χ3v) is 21.7. The van der Waals surface area contributed by atoms with Gasteiger partial charge in [-0.3, -0.25) is 0 Å². The largest absolute Gasteiger partial charge is 0.0719 e. The van der Waals surface area contributed by atoms with Crippen LogP contribution in [0.3, 0.4) is 0 Å². The lowest BCUT2D eigenvalue weighted by Gasteiger charge is -2.35. The summed E-state index contributed by atoms with van der Waals surface area (Å²) in [4.78, 5) is 0. The maximum Gasteiger partial charge on any atom is 0.0719 e. The van der Waals surface area contributed by atoms with Crippen molar-refractivity contribution < 1.29 is 0 Å². The van der Waals surface area contributed by atoms with Crippen LogP contribution in [0, 0.1) is 6.92 Å². The molecule has 0 heterocycles. The molecule has 0 atom stereocenters. The van der Waals surface area contributed by atoms with Crippen molar-refractivity contribution in [2.24, 2.45) is 0 Å². The van der Waals surface area contributed by atoms with E-state index in [4.69, 9.17) is 0 Å². The molecule has 0 nitrogen and oxygen atoms in total. The van der Waals surface area contributed by atoms with Gasteiger partial charge in [-0.1, -0.05) is 339 Å². The lowest BCUT2D eigenvalue weighted by atomic mass is 9.66. The van der Waals surface area contributed by atoms with Gasteiger partial charge in [0, 0.05) is 0 Å². The van der Waals surface area contributed by atoms with Crippen LogP contribution >= 0.6 is 0 Å². The molecule has 98 heavy (non-hydrogen) atoms. The second-order valence-electron chi connectivity index (χ2n) is 26.8. The molecule has 0 saturated heterocycles. The zero-order valence-corrected chi connectivity index (χ0v) is 54.1. The minimum Gasteiger partial charge on any atom is -0.0622 e. The first-order valence-corrected chi connectivity index (χ1v) is 34.3. The molecule has 20 rings (SSSR count). The molecule has 0 radical (unpaired) electrons. The minimum atomic E-state index is -0.794. The third kappa shape index (κ3) is 8.25. The molecule has 0 saturated carbocycles. The van der Waals surface area contributed by atoms with E-state index in [-0.39, 0.29) is 0 Å². The molecule has 0 spiro atoms. The Labute approximate surface area is 571 Å². The van der Waals surface area contributed by atoms with Crippen molar-refractivity contribution >= 4 is 32.3 Å². The van der Waals surface area contributed by atoms with Gasteiger partial charge < -0.3 is 0 Å². The van der Waals surface area contributed by atoms with E-state index in [1.807, 2.05) is 0 Å². The highest BCUT2D eigenvalue weighted by Gasteiger charge is 2.48. The molecule has 0 aromatic heterocycles. The van der Waals surface area contributed by atoms with Crippen LogP contribution in [-0.4, -0.2) is 0 Å². The summed E-state index contributed by atoms with van der Waals surface area (Å²) in [6.07, 6.45) is 0. The van der Waals surface area contributed by atoms with Gasteiger partial charge in [0.05, 0.1) is 5.41 Å². The molecule has 454 valence electrons. The Bertz CT molecular complexity index is 5780. The van der Waals surface area contributed by atoms with Crippen LogP contribution in [-0.2, 0) is 5.41 Å². The van der Waals surface area contributed by atoms with E-state index in [0.717, 1.165) is 0 Å². The van der Waals surface area contributed by atoms with E-state index >= 15 is 0 Å². The van der Waals surface area contributed by atoms with E-state index in [9.17, 15) is 0 Å². The summed E-state index contributed by atoms with van der Waals surface area (Å²) in [6, 6.07) is 136. The fourth-order valence-corrected chi connectivity index (χ4v) is 17.6. The summed E-state index contributed by atoms with van der Waals surface area (Å²) in [7, 11) is 0. The van der Waals surface area contributed by atoms with Crippen LogP contribution < -0.4 is 0 Å². The highest BCUT2D eigenvalue weighted by molar-refractivity contribution is 6.27. The number of rotatable bonds is 10. The summed E-state index contributed by atoms with van der Waals surface area (Å²) >= 11 is 0. The van der Waals surface area contributed by atoms with Crippen molar-refractivity contribution in [2.75, 3.05) is 0 Å². The van der Waals surface area contributed by atoms with E-state index < -0.39 is 5.41 Å². The average Bonchev–Trinajstić information content (AvgIpc) is 1.53. The molecule has 0 aliphatic heterocycles. The molecular formula is C98H62. The zero-order chi connectivity index (χ0) is 64.6. The van der Waals surface area contributed by atoms with Crippen LogP contribution in [0.25, 0.3) is 177 Å². The van der Waals surface area contributed by atoms with E-state index in [0.29, 0.717) is 0 Å². The van der Waals surface area contributed by atoms with Gasteiger partial charge in [-0.05, 0) is 230 Å². The smallest absolute Gasteiger partial charge is 0.0622 e. The van der Waals surface area contributed by atoms with Gasteiger partial charge in [-0.2, -0.15) is 0 Å². The van der Waals surface area contributed by atoms with Crippen LogP contribution in [0.15, 0.2) is 358 Å². The Morgan fingerprint density at radius 1 is 0.184 bits per heavy atom. The van der Waals surface area contributed by atoms with Gasteiger partial charge in [0.25, 0.3) is 0 Å². The molecule has 3 aliphatic carbocycles. The lowest BCUT2D eigenvalue weighted by Crippen LogP contribution is -2.29. The Morgan fingerprint density at radius 2 is 0.541 bits per heavy atom. The topological polar surface area (TPSA) is 0 Å². The molecule has 17 aromatic carbocycles. The molecule has 17 aromatic rings. The molecule has 3 aliphatic rings. The second kappa shape index (κ2) is 22.0. The Morgan fingerprint density at radius 3 is 0.980 bits per heavy atom. The van der Waals surface area contributed by atoms with Gasteiger partial charge in [-0.15, -0.1) is 0 Å². The van der Waals surface area contributed by atoms with Crippen LogP contribution in [0.2, 0.25) is 0 Å². The number of hydrogen-bond acceptors (Lipinski definition) is 0. The van der Waals surface area contributed by atoms with Gasteiger partial charge in [0.1, 0.15) is 0 Å². The molecule has 0 fully saturated rings. The molecular weight excluding hydrogens is 1180 g/mol. The SMILES string of the molecule is Cc1ccc(C2(c3cccc4ccccc34)c3cc(-c4ccc5cccc6c5c4-c4c(-c5ccccc5)c(-c5ccccc5)cc(-c5ccccc5)c4-6)ccc3-c3ccc(-c4ccc5cccc6c5c4-c4c(-c5ccccc5)c(-c5ccccc5)cc(-c5ccccc5)c4-6)cc32)cc1. The maximum absolute atomic E-state index is 2.61. The fourth-order valence-electron chi connectivity index (χ4n) is 17.6. The number of fused-ring (bicyclic) bond motifs is 10. The Kier molecular flexibility index (Phi) is 12.6. The first-order valence-electron chi connectivity index (χ1n) is 34.3. The quantitative estimate of drug-likeness (QED) is 0.128. The van der Waals surface area contributed by atoms with Crippen LogP contribution in [0.1, 0.15) is 27.8 Å². The van der Waals surface area contributed by atoms with Gasteiger partial charge in [-0.25, -0.2) is 0 Å². The first kappa shape index (κ1) is 55.9. The van der Waals surface area contributed by atoms with Crippen molar-refractivity contribution in [2.45, 2.75) is 12.3 Å². The third-order valence-electron chi connectivity index (χ3n) is 21.7. The summed E-state index contributed by atoms with van der Waals surface area (Å²) < 4.78 is 0. The summed E-state index contributed by atoms with van der Waals surface area (Å²) in [5, 5.41) is 7.51. The summed E-state index contributed by atoms with van der Waals surface area (Å²) in [6.45, 7) is 2.22. The first-order chi connectivity index (χ1) is 48.6. The van der Waals surface area contributed by atoms with Gasteiger partial charge >= 0.3 is 0 Å². The molecule has 0 amide bonds. The van der Waals surface area contributed by atoms with Crippen LogP contribution in [0.5, 0.6) is 0 Å². The lowest BCUT2D eigenvalue weighted by molar-refractivity contribution is 0.776. The van der Waals surface area contributed by atoms with Gasteiger partial charge in [0.15, 0.2) is 0 Å². The molecule has 0 heteroatoms. The van der Waals surface area contributed by atoms with Gasteiger partial charge in [0.2, 0.25) is 0 Å². The molecule has 0 unspecified atom stereocenters. The number of aryl methyl sites for hydroxylation is 1. The maximum atomic E-state index is 2.61. The average molecular weight is 1240 g/mol. The highest BCUT2D eigenvalue weighted by atomic mass is 14.5. The summed E-state index contributed by atoms with van der Waals surface area (Å²) in [5.41, 5.74) is 37.5. The van der Waals surface area contributed by atoms with Crippen molar-refractivity contribution in [3.05, 3.63) is 386 Å². The predicted molar refractivity (Wildman–Crippen MR) is 413 cm³/mol. The van der Waals surface area contributed by atoms with E-state index in [1.165, 1.54) is 205 Å². The van der Waals surface area contributed by atoms with Crippen molar-refractivity contribution in [3.63, 3.8) is 0 Å². The summed E-state index contributed by atoms with van der Waals surface area (Å²) in [5.74, 6) is 0. The van der Waals surface area contributed by atoms with Crippen molar-refractivity contribution in [1.29, 1.82) is 0 Å². The van der Waals surface area contributed by atoms with Crippen LogP contribution in [0.4, 0.5) is 0 Å². The molecule has 0 N–H and O–H groups in total. The Hall–Kier alpha value is -12.5. The normalized spacial score (nSPS) is 12.6.